The van der Waals surface area contributed by atoms with Gasteiger partial charge in [0.25, 0.3) is 5.91 Å². The number of carbonyl (C=O) groups is 2. The SMILES string of the molecule is CCCOc1ccc(C(=O)OCC(=O)Nc2ccc(OCC)c(OCC)c2)cc1OCC. The van der Waals surface area contributed by atoms with E-state index in [0.717, 1.165) is 6.42 Å². The normalized spacial score (nSPS) is 10.2. The highest BCUT2D eigenvalue weighted by Crippen LogP contribution is 2.31. The Morgan fingerprint density at radius 1 is 0.750 bits per heavy atom. The van der Waals surface area contributed by atoms with Crippen LogP contribution in [0.2, 0.25) is 0 Å². The molecule has 8 heteroatoms. The number of carbonyl (C=O) groups excluding carboxylic acids is 2. The largest absolute Gasteiger partial charge is 0.490 e. The molecule has 0 bridgehead atoms. The number of rotatable bonds is 13. The van der Waals surface area contributed by atoms with Crippen molar-refractivity contribution < 1.29 is 33.3 Å². The number of esters is 1. The second-order valence-electron chi connectivity index (χ2n) is 6.59. The van der Waals surface area contributed by atoms with Gasteiger partial charge in [0, 0.05) is 11.8 Å². The maximum absolute atomic E-state index is 12.4. The van der Waals surface area contributed by atoms with Gasteiger partial charge in [-0.25, -0.2) is 4.79 Å². The van der Waals surface area contributed by atoms with Crippen LogP contribution in [0.25, 0.3) is 0 Å². The lowest BCUT2D eigenvalue weighted by Crippen LogP contribution is -2.21. The van der Waals surface area contributed by atoms with Crippen molar-refractivity contribution in [3.63, 3.8) is 0 Å². The van der Waals surface area contributed by atoms with E-state index in [4.69, 9.17) is 23.7 Å². The summed E-state index contributed by atoms with van der Waals surface area (Å²) >= 11 is 0. The van der Waals surface area contributed by atoms with Crippen LogP contribution in [0.3, 0.4) is 0 Å². The maximum Gasteiger partial charge on any atom is 0.338 e. The maximum atomic E-state index is 12.4. The van der Waals surface area contributed by atoms with E-state index in [1.54, 1.807) is 36.4 Å². The summed E-state index contributed by atoms with van der Waals surface area (Å²) in [7, 11) is 0. The second kappa shape index (κ2) is 13.1. The lowest BCUT2D eigenvalue weighted by Gasteiger charge is -2.14. The molecule has 32 heavy (non-hydrogen) atoms. The standard InChI is InChI=1S/C24H31NO7/c1-5-13-31-20-11-9-17(14-21(20)29-7-3)24(27)32-16-23(26)25-18-10-12-19(28-6-2)22(15-18)30-8-4/h9-12,14-15H,5-8,13,16H2,1-4H3,(H,25,26). The molecule has 0 spiro atoms. The molecule has 2 aromatic carbocycles. The van der Waals surface area contributed by atoms with Gasteiger partial charge in [0.2, 0.25) is 0 Å². The Kier molecular flexibility index (Phi) is 10.2. The van der Waals surface area contributed by atoms with Crippen LogP contribution in [-0.2, 0) is 9.53 Å². The number of amides is 1. The average Bonchev–Trinajstić information content (AvgIpc) is 2.79. The monoisotopic (exact) mass is 445 g/mol. The number of benzene rings is 2. The van der Waals surface area contributed by atoms with Crippen LogP contribution in [0.15, 0.2) is 36.4 Å². The van der Waals surface area contributed by atoms with Crippen molar-refractivity contribution in [1.82, 2.24) is 0 Å². The van der Waals surface area contributed by atoms with Crippen LogP contribution >= 0.6 is 0 Å². The summed E-state index contributed by atoms with van der Waals surface area (Å²) in [6.07, 6.45) is 0.852. The first-order chi connectivity index (χ1) is 15.5. The number of anilines is 1. The number of nitrogens with one attached hydrogen (secondary N) is 1. The van der Waals surface area contributed by atoms with Gasteiger partial charge in [0.15, 0.2) is 29.6 Å². The minimum absolute atomic E-state index is 0.268. The zero-order chi connectivity index (χ0) is 23.3. The summed E-state index contributed by atoms with van der Waals surface area (Å²) in [5.74, 6) is 1.03. The summed E-state index contributed by atoms with van der Waals surface area (Å²) < 4.78 is 27.4. The van der Waals surface area contributed by atoms with Crippen LogP contribution < -0.4 is 24.3 Å². The van der Waals surface area contributed by atoms with E-state index in [1.807, 2.05) is 27.7 Å². The lowest BCUT2D eigenvalue weighted by atomic mass is 10.2. The Morgan fingerprint density at radius 2 is 1.34 bits per heavy atom. The van der Waals surface area contributed by atoms with Crippen LogP contribution in [-0.4, -0.2) is 44.9 Å². The van der Waals surface area contributed by atoms with Crippen molar-refractivity contribution in [1.29, 1.82) is 0 Å². The van der Waals surface area contributed by atoms with Crippen molar-refractivity contribution in [2.75, 3.05) is 38.4 Å². The molecular weight excluding hydrogens is 414 g/mol. The van der Waals surface area contributed by atoms with E-state index in [0.29, 0.717) is 55.1 Å². The number of hydrogen-bond acceptors (Lipinski definition) is 7. The zero-order valence-corrected chi connectivity index (χ0v) is 19.1. The highest BCUT2D eigenvalue weighted by molar-refractivity contribution is 5.96. The fourth-order valence-corrected chi connectivity index (χ4v) is 2.77. The quantitative estimate of drug-likeness (QED) is 0.455. The van der Waals surface area contributed by atoms with Crippen molar-refractivity contribution in [2.45, 2.75) is 34.1 Å². The Hall–Kier alpha value is -3.42. The average molecular weight is 446 g/mol. The first-order valence-corrected chi connectivity index (χ1v) is 10.8. The molecule has 0 aliphatic heterocycles. The predicted molar refractivity (Wildman–Crippen MR) is 121 cm³/mol. The first-order valence-electron chi connectivity index (χ1n) is 10.8. The summed E-state index contributed by atoms with van der Waals surface area (Å²) in [6.45, 7) is 9.07. The lowest BCUT2D eigenvalue weighted by molar-refractivity contribution is -0.119. The number of hydrogen-bond donors (Lipinski definition) is 1. The molecule has 0 heterocycles. The van der Waals surface area contributed by atoms with Gasteiger partial charge in [-0.05, 0) is 57.5 Å². The van der Waals surface area contributed by atoms with Gasteiger partial charge >= 0.3 is 5.97 Å². The molecule has 0 aliphatic rings. The Balaban J connectivity index is 1.98. The highest BCUT2D eigenvalue weighted by atomic mass is 16.5. The van der Waals surface area contributed by atoms with Crippen LogP contribution in [0, 0.1) is 0 Å². The molecule has 0 saturated carbocycles. The molecule has 0 aliphatic carbocycles. The summed E-state index contributed by atoms with van der Waals surface area (Å²) in [4.78, 5) is 24.7. The van der Waals surface area contributed by atoms with Gasteiger partial charge in [0.05, 0.1) is 32.0 Å². The van der Waals surface area contributed by atoms with E-state index in [2.05, 4.69) is 5.32 Å². The van der Waals surface area contributed by atoms with Gasteiger partial charge < -0.3 is 29.0 Å². The van der Waals surface area contributed by atoms with Gasteiger partial charge in [-0.3, -0.25) is 4.79 Å². The fourth-order valence-electron chi connectivity index (χ4n) is 2.77. The molecule has 0 atom stereocenters. The Morgan fingerprint density at radius 3 is 2.00 bits per heavy atom. The topological polar surface area (TPSA) is 92.3 Å². The van der Waals surface area contributed by atoms with Crippen molar-refractivity contribution in [2.24, 2.45) is 0 Å². The van der Waals surface area contributed by atoms with Gasteiger partial charge in [0.1, 0.15) is 0 Å². The molecule has 2 aromatic rings. The van der Waals surface area contributed by atoms with Crippen molar-refractivity contribution in [3.05, 3.63) is 42.0 Å². The molecule has 0 fully saturated rings. The summed E-state index contributed by atoms with van der Waals surface area (Å²) in [6, 6.07) is 9.86. The van der Waals surface area contributed by atoms with Gasteiger partial charge in [-0.1, -0.05) is 6.92 Å². The van der Waals surface area contributed by atoms with E-state index >= 15 is 0 Å². The molecule has 0 unspecified atom stereocenters. The molecule has 1 amide bonds. The third-order valence-corrected chi connectivity index (χ3v) is 4.10. The van der Waals surface area contributed by atoms with Crippen LogP contribution in [0.4, 0.5) is 5.69 Å². The van der Waals surface area contributed by atoms with Crippen LogP contribution in [0.5, 0.6) is 23.0 Å². The van der Waals surface area contributed by atoms with Gasteiger partial charge in [-0.2, -0.15) is 0 Å². The molecular formula is C24H31NO7. The molecule has 2 rings (SSSR count). The minimum Gasteiger partial charge on any atom is -0.490 e. The van der Waals surface area contributed by atoms with Crippen LogP contribution in [0.1, 0.15) is 44.5 Å². The zero-order valence-electron chi connectivity index (χ0n) is 19.1. The molecule has 1 N–H and O–H groups in total. The third-order valence-electron chi connectivity index (χ3n) is 4.10. The Bertz CT molecular complexity index is 898. The van der Waals surface area contributed by atoms with E-state index in [-0.39, 0.29) is 5.56 Å². The van der Waals surface area contributed by atoms with Gasteiger partial charge in [-0.15, -0.1) is 0 Å². The molecule has 0 aromatic heterocycles. The van der Waals surface area contributed by atoms with E-state index in [9.17, 15) is 9.59 Å². The number of ether oxygens (including phenoxy) is 5. The van der Waals surface area contributed by atoms with Crippen molar-refractivity contribution >= 4 is 17.6 Å². The molecule has 0 saturated heterocycles. The smallest absolute Gasteiger partial charge is 0.338 e. The van der Waals surface area contributed by atoms with E-state index in [1.165, 1.54) is 0 Å². The second-order valence-corrected chi connectivity index (χ2v) is 6.59. The Labute approximate surface area is 188 Å². The molecule has 8 nitrogen and oxygen atoms in total. The third kappa shape index (κ3) is 7.37. The molecule has 0 radical (unpaired) electrons. The minimum atomic E-state index is -0.634. The predicted octanol–water partition coefficient (Wildman–Crippen LogP) is 4.47. The molecule has 174 valence electrons. The highest BCUT2D eigenvalue weighted by Gasteiger charge is 2.15. The van der Waals surface area contributed by atoms with E-state index < -0.39 is 18.5 Å². The fraction of sp³-hybridized carbons (Fsp3) is 0.417. The summed E-state index contributed by atoms with van der Waals surface area (Å²) in [5, 5.41) is 2.68. The first kappa shape index (κ1) is 24.8. The summed E-state index contributed by atoms with van der Waals surface area (Å²) in [5.41, 5.74) is 0.777. The van der Waals surface area contributed by atoms with Crippen molar-refractivity contribution in [3.8, 4) is 23.0 Å².